The van der Waals surface area contributed by atoms with E-state index in [4.69, 9.17) is 23.2 Å². The number of fused-ring (bicyclic) bond motifs is 1. The number of amides is 1. The van der Waals surface area contributed by atoms with Crippen molar-refractivity contribution in [2.45, 2.75) is 6.04 Å². The molecule has 0 bridgehead atoms. The summed E-state index contributed by atoms with van der Waals surface area (Å²) in [5.41, 5.74) is 4.77. The Balaban J connectivity index is 1.72. The summed E-state index contributed by atoms with van der Waals surface area (Å²) >= 11 is 12.2. The number of hydrogen-bond donors (Lipinski definition) is 1. The Labute approximate surface area is 177 Å². The van der Waals surface area contributed by atoms with E-state index in [2.05, 4.69) is 10.2 Å². The van der Waals surface area contributed by atoms with Gasteiger partial charge in [-0.1, -0.05) is 65.7 Å². The van der Waals surface area contributed by atoms with Crippen LogP contribution in [0.5, 0.6) is 0 Å². The molecule has 1 amide bonds. The topological polar surface area (TPSA) is 49.0 Å². The van der Waals surface area contributed by atoms with Crippen molar-refractivity contribution < 1.29 is 4.79 Å². The molecule has 0 saturated heterocycles. The van der Waals surface area contributed by atoms with Gasteiger partial charge in [0.15, 0.2) is 0 Å². The molecule has 29 heavy (non-hydrogen) atoms. The monoisotopic (exact) mass is 419 g/mol. The van der Waals surface area contributed by atoms with E-state index < -0.39 is 0 Å². The molecule has 1 N–H and O–H groups in total. The summed E-state index contributed by atoms with van der Waals surface area (Å²) in [7, 11) is 0. The molecule has 1 aliphatic rings. The summed E-state index contributed by atoms with van der Waals surface area (Å²) in [5, 5.41) is 8.73. The maximum atomic E-state index is 13.4. The highest BCUT2D eigenvalue weighted by atomic mass is 35.5. The summed E-state index contributed by atoms with van der Waals surface area (Å²) in [6.45, 7) is 0. The van der Waals surface area contributed by atoms with Crippen molar-refractivity contribution in [2.75, 3.05) is 4.90 Å². The number of para-hydroxylation sites is 1. The van der Waals surface area contributed by atoms with Gasteiger partial charge in [-0.15, -0.1) is 0 Å². The molecular formula is C23H15Cl2N3O. The van der Waals surface area contributed by atoms with Crippen molar-refractivity contribution in [1.29, 1.82) is 0 Å². The van der Waals surface area contributed by atoms with E-state index in [9.17, 15) is 4.79 Å². The fourth-order valence-electron chi connectivity index (χ4n) is 3.79. The summed E-state index contributed by atoms with van der Waals surface area (Å²) in [4.78, 5) is 15.2. The van der Waals surface area contributed by atoms with Crippen molar-refractivity contribution >= 4 is 34.8 Å². The third-order valence-corrected chi connectivity index (χ3v) is 5.61. The van der Waals surface area contributed by atoms with Gasteiger partial charge in [-0.25, -0.2) is 0 Å². The van der Waals surface area contributed by atoms with E-state index in [0.717, 1.165) is 28.1 Å². The number of aromatic nitrogens is 2. The Bertz CT molecular complexity index is 1190. The minimum Gasteiger partial charge on any atom is -0.295 e. The van der Waals surface area contributed by atoms with E-state index in [1.165, 1.54) is 0 Å². The second-order valence-corrected chi connectivity index (χ2v) is 7.71. The summed E-state index contributed by atoms with van der Waals surface area (Å²) in [6.07, 6.45) is 0. The number of hydrogen-bond acceptors (Lipinski definition) is 2. The molecule has 1 aromatic heterocycles. The zero-order valence-electron chi connectivity index (χ0n) is 15.1. The molecule has 0 saturated carbocycles. The van der Waals surface area contributed by atoms with Gasteiger partial charge < -0.3 is 0 Å². The van der Waals surface area contributed by atoms with Crippen LogP contribution in [-0.2, 0) is 0 Å². The molecule has 142 valence electrons. The van der Waals surface area contributed by atoms with Gasteiger partial charge in [0, 0.05) is 26.9 Å². The quantitative estimate of drug-likeness (QED) is 0.433. The maximum absolute atomic E-state index is 13.4. The van der Waals surface area contributed by atoms with Crippen LogP contribution in [-0.4, -0.2) is 16.1 Å². The van der Waals surface area contributed by atoms with Crippen LogP contribution in [0.4, 0.5) is 5.69 Å². The molecular weight excluding hydrogens is 405 g/mol. The lowest BCUT2D eigenvalue weighted by molar-refractivity contribution is 0.0989. The van der Waals surface area contributed by atoms with Crippen LogP contribution in [0.15, 0.2) is 78.9 Å². The number of anilines is 1. The first-order valence-electron chi connectivity index (χ1n) is 9.12. The van der Waals surface area contributed by atoms with Crippen molar-refractivity contribution in [3.63, 3.8) is 0 Å². The largest absolute Gasteiger partial charge is 0.295 e. The van der Waals surface area contributed by atoms with Gasteiger partial charge in [0.25, 0.3) is 5.91 Å². The molecule has 1 aliphatic heterocycles. The Kier molecular flexibility index (Phi) is 4.38. The Morgan fingerprint density at radius 2 is 1.45 bits per heavy atom. The number of halogens is 2. The summed E-state index contributed by atoms with van der Waals surface area (Å²) in [5.74, 6) is -0.112. The fourth-order valence-corrected chi connectivity index (χ4v) is 4.04. The van der Waals surface area contributed by atoms with Crippen LogP contribution in [0.3, 0.4) is 0 Å². The summed E-state index contributed by atoms with van der Waals surface area (Å²) < 4.78 is 0. The predicted octanol–water partition coefficient (Wildman–Crippen LogP) is 6.13. The molecule has 0 fully saturated rings. The maximum Gasteiger partial charge on any atom is 0.277 e. The molecule has 3 aromatic carbocycles. The van der Waals surface area contributed by atoms with Crippen LogP contribution in [0.25, 0.3) is 11.3 Å². The minimum absolute atomic E-state index is 0.112. The average Bonchev–Trinajstić information content (AvgIpc) is 3.29. The molecule has 0 spiro atoms. The van der Waals surface area contributed by atoms with E-state index in [-0.39, 0.29) is 11.9 Å². The van der Waals surface area contributed by atoms with Crippen LogP contribution in [0.2, 0.25) is 10.0 Å². The molecule has 0 unspecified atom stereocenters. The van der Waals surface area contributed by atoms with Crippen molar-refractivity contribution in [2.24, 2.45) is 0 Å². The number of rotatable bonds is 3. The Morgan fingerprint density at radius 1 is 0.828 bits per heavy atom. The van der Waals surface area contributed by atoms with Crippen LogP contribution >= 0.6 is 23.2 Å². The number of nitrogens with one attached hydrogen (secondary N) is 1. The highest BCUT2D eigenvalue weighted by Crippen LogP contribution is 2.45. The standard InChI is InChI=1S/C23H15Cl2N3O/c24-16-10-6-14(7-11-16)20-19-21(27-26-20)23(29)28(18-4-2-1-3-5-18)22(19)15-8-12-17(25)13-9-15/h1-13,22H,(H,26,27)/t22-/m1/s1. The fraction of sp³-hybridized carbons (Fsp3) is 0.0435. The molecule has 0 aliphatic carbocycles. The molecule has 5 rings (SSSR count). The number of benzene rings is 3. The van der Waals surface area contributed by atoms with Gasteiger partial charge in [0.2, 0.25) is 0 Å². The zero-order chi connectivity index (χ0) is 20.0. The third kappa shape index (κ3) is 3.01. The zero-order valence-corrected chi connectivity index (χ0v) is 16.7. The highest BCUT2D eigenvalue weighted by molar-refractivity contribution is 6.30. The molecule has 6 heteroatoms. The summed E-state index contributed by atoms with van der Waals surface area (Å²) in [6, 6.07) is 24.4. The average molecular weight is 420 g/mol. The first-order valence-corrected chi connectivity index (χ1v) is 9.87. The highest BCUT2D eigenvalue weighted by Gasteiger charge is 2.42. The molecule has 1 atom stereocenters. The normalized spacial score (nSPS) is 15.6. The van der Waals surface area contributed by atoms with E-state index >= 15 is 0 Å². The van der Waals surface area contributed by atoms with Gasteiger partial charge in [0.1, 0.15) is 5.69 Å². The first-order chi connectivity index (χ1) is 14.1. The SMILES string of the molecule is O=C1c2[nH]nc(-c3ccc(Cl)cc3)c2[C@@H](c2ccc(Cl)cc2)N1c1ccccc1. The van der Waals surface area contributed by atoms with Crippen LogP contribution in [0, 0.1) is 0 Å². The van der Waals surface area contributed by atoms with Crippen molar-refractivity contribution in [1.82, 2.24) is 10.2 Å². The van der Waals surface area contributed by atoms with Crippen molar-refractivity contribution in [3.8, 4) is 11.3 Å². The molecule has 0 radical (unpaired) electrons. The lowest BCUT2D eigenvalue weighted by Crippen LogP contribution is -2.29. The Hall–Kier alpha value is -3.08. The Morgan fingerprint density at radius 3 is 2.10 bits per heavy atom. The first kappa shape index (κ1) is 18.0. The van der Waals surface area contributed by atoms with Crippen LogP contribution < -0.4 is 4.90 Å². The smallest absolute Gasteiger partial charge is 0.277 e. The minimum atomic E-state index is -0.318. The molecule has 4 aromatic rings. The number of nitrogens with zero attached hydrogens (tertiary/aromatic N) is 2. The van der Waals surface area contributed by atoms with E-state index in [1.807, 2.05) is 78.9 Å². The van der Waals surface area contributed by atoms with E-state index in [1.54, 1.807) is 4.90 Å². The lowest BCUT2D eigenvalue weighted by atomic mass is 9.96. The lowest BCUT2D eigenvalue weighted by Gasteiger charge is -2.26. The van der Waals surface area contributed by atoms with Crippen molar-refractivity contribution in [3.05, 3.63) is 106 Å². The van der Waals surface area contributed by atoms with Gasteiger partial charge >= 0.3 is 0 Å². The van der Waals surface area contributed by atoms with Gasteiger partial charge in [-0.3, -0.25) is 14.8 Å². The van der Waals surface area contributed by atoms with Gasteiger partial charge in [0.05, 0.1) is 11.7 Å². The second kappa shape index (κ2) is 7.07. The predicted molar refractivity (Wildman–Crippen MR) is 116 cm³/mol. The number of carbonyl (C=O) groups excluding carboxylic acids is 1. The number of aromatic amines is 1. The van der Waals surface area contributed by atoms with Crippen LogP contribution in [0.1, 0.15) is 27.7 Å². The van der Waals surface area contributed by atoms with E-state index in [0.29, 0.717) is 15.7 Å². The molecule has 4 nitrogen and oxygen atoms in total. The number of H-pyrrole nitrogens is 1. The molecule has 2 heterocycles. The second-order valence-electron chi connectivity index (χ2n) is 6.83. The van der Waals surface area contributed by atoms with Gasteiger partial charge in [-0.05, 0) is 42.0 Å². The number of carbonyl (C=O) groups is 1. The third-order valence-electron chi connectivity index (χ3n) is 5.11. The van der Waals surface area contributed by atoms with Gasteiger partial charge in [-0.2, -0.15) is 5.10 Å².